The van der Waals surface area contributed by atoms with Gasteiger partial charge in [0.15, 0.2) is 0 Å². The van der Waals surface area contributed by atoms with Crippen LogP contribution >= 0.6 is 45.7 Å². The standard InChI is InChI=1S/C12H21I2N3/c13-16-3-1-12(2-4-16)9-11(10-12)15-5-7-17(14)8-6-15/h11H,1-10H2. The lowest BCUT2D eigenvalue weighted by atomic mass is 9.60. The molecule has 0 aromatic heterocycles. The SMILES string of the molecule is IN1CCN(C2CC3(CCN(I)CC3)C2)CC1. The first-order valence-electron chi connectivity index (χ1n) is 6.72. The summed E-state index contributed by atoms with van der Waals surface area (Å²) in [6, 6.07) is 0.917. The summed E-state index contributed by atoms with van der Waals surface area (Å²) in [5.74, 6) is 0. The molecule has 3 nitrogen and oxygen atoms in total. The van der Waals surface area contributed by atoms with Crippen molar-refractivity contribution in [2.24, 2.45) is 5.41 Å². The lowest BCUT2D eigenvalue weighted by Gasteiger charge is -2.55. The van der Waals surface area contributed by atoms with E-state index < -0.39 is 0 Å². The summed E-state index contributed by atoms with van der Waals surface area (Å²) >= 11 is 4.94. The number of hydrogen-bond acceptors (Lipinski definition) is 3. The highest BCUT2D eigenvalue weighted by Gasteiger charge is 2.47. The normalized spacial score (nSPS) is 32.8. The van der Waals surface area contributed by atoms with Crippen molar-refractivity contribution in [3.63, 3.8) is 0 Å². The first-order chi connectivity index (χ1) is 8.17. The molecule has 0 radical (unpaired) electrons. The van der Waals surface area contributed by atoms with Gasteiger partial charge in [0, 0.05) is 91.0 Å². The summed E-state index contributed by atoms with van der Waals surface area (Å²) in [7, 11) is 0. The molecule has 3 rings (SSSR count). The first-order valence-corrected chi connectivity index (χ1v) is 8.65. The minimum Gasteiger partial charge on any atom is -0.298 e. The fourth-order valence-corrected chi connectivity index (χ4v) is 4.54. The van der Waals surface area contributed by atoms with Gasteiger partial charge in [-0.15, -0.1) is 0 Å². The largest absolute Gasteiger partial charge is 0.298 e. The van der Waals surface area contributed by atoms with E-state index in [-0.39, 0.29) is 0 Å². The molecule has 2 heterocycles. The van der Waals surface area contributed by atoms with E-state index >= 15 is 0 Å². The Kier molecular flexibility index (Phi) is 4.22. The molecule has 0 aromatic carbocycles. The molecule has 0 bridgehead atoms. The highest BCUT2D eigenvalue weighted by atomic mass is 127. The third-order valence-electron chi connectivity index (χ3n) is 4.88. The third kappa shape index (κ3) is 2.93. The lowest BCUT2D eigenvalue weighted by Crippen LogP contribution is -2.57. The Morgan fingerprint density at radius 1 is 0.765 bits per heavy atom. The molecule has 1 spiro atoms. The van der Waals surface area contributed by atoms with Gasteiger partial charge in [0.05, 0.1) is 0 Å². The fourth-order valence-electron chi connectivity index (χ4n) is 3.62. The maximum atomic E-state index is 2.75. The van der Waals surface area contributed by atoms with Gasteiger partial charge in [-0.05, 0) is 31.1 Å². The molecule has 2 aliphatic heterocycles. The van der Waals surface area contributed by atoms with Crippen molar-refractivity contribution >= 4 is 45.7 Å². The van der Waals surface area contributed by atoms with Crippen LogP contribution in [0.25, 0.3) is 0 Å². The lowest BCUT2D eigenvalue weighted by molar-refractivity contribution is -0.0359. The van der Waals surface area contributed by atoms with Gasteiger partial charge in [-0.2, -0.15) is 0 Å². The zero-order chi connectivity index (χ0) is 11.9. The van der Waals surface area contributed by atoms with Crippen LogP contribution in [0.3, 0.4) is 0 Å². The van der Waals surface area contributed by atoms with Gasteiger partial charge in [-0.25, -0.2) is 6.23 Å². The van der Waals surface area contributed by atoms with E-state index in [1.807, 2.05) is 0 Å². The van der Waals surface area contributed by atoms with Gasteiger partial charge in [0.25, 0.3) is 0 Å². The molecule has 0 aromatic rings. The van der Waals surface area contributed by atoms with Crippen molar-refractivity contribution in [2.75, 3.05) is 39.3 Å². The molecule has 3 fully saturated rings. The van der Waals surface area contributed by atoms with Gasteiger partial charge in [-0.1, -0.05) is 0 Å². The molecule has 0 N–H and O–H groups in total. The first kappa shape index (κ1) is 13.3. The average molecular weight is 461 g/mol. The van der Waals surface area contributed by atoms with E-state index in [9.17, 15) is 0 Å². The monoisotopic (exact) mass is 461 g/mol. The zero-order valence-corrected chi connectivity index (χ0v) is 14.6. The molecule has 1 aliphatic carbocycles. The Hall–Kier alpha value is 1.34. The van der Waals surface area contributed by atoms with Crippen LogP contribution in [-0.4, -0.2) is 56.4 Å². The zero-order valence-electron chi connectivity index (χ0n) is 10.2. The summed E-state index contributed by atoms with van der Waals surface area (Å²) in [4.78, 5) is 2.75. The van der Waals surface area contributed by atoms with Crippen LogP contribution in [0.5, 0.6) is 0 Å². The molecule has 0 unspecified atom stereocenters. The van der Waals surface area contributed by atoms with E-state index in [4.69, 9.17) is 0 Å². The van der Waals surface area contributed by atoms with Crippen LogP contribution in [0.1, 0.15) is 25.7 Å². The topological polar surface area (TPSA) is 9.72 Å². The number of piperazine rings is 1. The van der Waals surface area contributed by atoms with Gasteiger partial charge < -0.3 is 0 Å². The molecule has 98 valence electrons. The summed E-state index contributed by atoms with van der Waals surface area (Å²) < 4.78 is 4.89. The average Bonchev–Trinajstić information content (AvgIpc) is 2.29. The summed E-state index contributed by atoms with van der Waals surface area (Å²) in [5.41, 5.74) is 0.744. The van der Waals surface area contributed by atoms with Crippen LogP contribution in [0.15, 0.2) is 0 Å². The van der Waals surface area contributed by atoms with Gasteiger partial charge in [0.2, 0.25) is 0 Å². The minimum absolute atomic E-state index is 0.744. The second-order valence-corrected chi connectivity index (χ2v) is 8.65. The van der Waals surface area contributed by atoms with Crippen molar-refractivity contribution in [2.45, 2.75) is 31.7 Å². The Morgan fingerprint density at radius 2 is 1.29 bits per heavy atom. The summed E-state index contributed by atoms with van der Waals surface area (Å²) in [6.45, 7) is 7.73. The molecule has 1 saturated carbocycles. The van der Waals surface area contributed by atoms with Crippen molar-refractivity contribution < 1.29 is 0 Å². The number of rotatable bonds is 1. The molecule has 5 heteroatoms. The second kappa shape index (κ2) is 5.38. The Bertz CT molecular complexity index is 263. The molecule has 3 aliphatic rings. The Labute approximate surface area is 132 Å². The molecule has 0 atom stereocenters. The highest BCUT2D eigenvalue weighted by molar-refractivity contribution is 14.1. The van der Waals surface area contributed by atoms with Crippen LogP contribution in [0.4, 0.5) is 0 Å². The molecular formula is C12H21I2N3. The van der Waals surface area contributed by atoms with Crippen LogP contribution in [0, 0.1) is 5.41 Å². The number of hydrogen-bond donors (Lipinski definition) is 0. The molecule has 2 saturated heterocycles. The highest BCUT2D eigenvalue weighted by Crippen LogP contribution is 2.51. The van der Waals surface area contributed by atoms with Crippen LogP contribution in [-0.2, 0) is 0 Å². The van der Waals surface area contributed by atoms with E-state index in [2.05, 4.69) is 56.9 Å². The third-order valence-corrected chi connectivity index (χ3v) is 6.81. The van der Waals surface area contributed by atoms with E-state index in [0.29, 0.717) is 0 Å². The molecule has 17 heavy (non-hydrogen) atoms. The maximum Gasteiger partial charge on any atom is 0.0209 e. The van der Waals surface area contributed by atoms with E-state index in [0.717, 1.165) is 11.5 Å². The summed E-state index contributed by atoms with van der Waals surface area (Å²) in [6.07, 6.45) is 5.86. The van der Waals surface area contributed by atoms with Gasteiger partial charge >= 0.3 is 0 Å². The number of piperidine rings is 1. The number of nitrogens with zero attached hydrogens (tertiary/aromatic N) is 3. The van der Waals surface area contributed by atoms with Crippen molar-refractivity contribution in [3.8, 4) is 0 Å². The predicted octanol–water partition coefficient (Wildman–Crippen LogP) is 2.55. The van der Waals surface area contributed by atoms with Crippen molar-refractivity contribution in [1.29, 1.82) is 0 Å². The maximum absolute atomic E-state index is 2.75. The van der Waals surface area contributed by atoms with Crippen LogP contribution < -0.4 is 0 Å². The van der Waals surface area contributed by atoms with Crippen molar-refractivity contribution in [3.05, 3.63) is 0 Å². The summed E-state index contributed by atoms with van der Waals surface area (Å²) in [5, 5.41) is 0. The van der Waals surface area contributed by atoms with Gasteiger partial charge in [0.1, 0.15) is 0 Å². The van der Waals surface area contributed by atoms with Crippen molar-refractivity contribution in [1.82, 2.24) is 11.1 Å². The molecule has 0 amide bonds. The quantitative estimate of drug-likeness (QED) is 0.440. The Balaban J connectivity index is 1.48. The smallest absolute Gasteiger partial charge is 0.0209 e. The van der Waals surface area contributed by atoms with E-state index in [1.54, 1.807) is 0 Å². The minimum atomic E-state index is 0.744. The number of halogens is 2. The van der Waals surface area contributed by atoms with E-state index in [1.165, 1.54) is 65.0 Å². The van der Waals surface area contributed by atoms with Gasteiger partial charge in [-0.3, -0.25) is 4.90 Å². The Morgan fingerprint density at radius 3 is 1.88 bits per heavy atom. The molecular weight excluding hydrogens is 440 g/mol. The van der Waals surface area contributed by atoms with Crippen LogP contribution in [0.2, 0.25) is 0 Å². The fraction of sp³-hybridized carbons (Fsp3) is 1.00. The predicted molar refractivity (Wildman–Crippen MR) is 87.4 cm³/mol. The second-order valence-electron chi connectivity index (χ2n) is 5.92.